The molecule has 9 heteroatoms. The Morgan fingerprint density at radius 1 is 1.35 bits per heavy atom. The molecular formula is C25H29ClFN5O2. The normalized spacial score (nSPS) is 13.6. The number of hydrogen-bond donors (Lipinski definition) is 1. The number of ether oxygens (including phenoxy) is 1. The molecule has 34 heavy (non-hydrogen) atoms. The van der Waals surface area contributed by atoms with Gasteiger partial charge in [0.15, 0.2) is 5.49 Å². The van der Waals surface area contributed by atoms with Crippen molar-refractivity contribution < 1.29 is 13.9 Å². The molecule has 3 rings (SSSR count). The molecule has 2 unspecified atom stereocenters. The molecule has 1 N–H and O–H groups in total. The second kappa shape index (κ2) is 11.4. The van der Waals surface area contributed by atoms with Crippen LogP contribution in [0.3, 0.4) is 0 Å². The van der Waals surface area contributed by atoms with Crippen molar-refractivity contribution in [2.45, 2.75) is 52.6 Å². The lowest BCUT2D eigenvalue weighted by Gasteiger charge is -2.22. The quantitative estimate of drug-likeness (QED) is 0.400. The third kappa shape index (κ3) is 5.69. The Kier molecular flexibility index (Phi) is 8.52. The number of nitrogens with zero attached hydrogens (tertiary/aromatic N) is 4. The van der Waals surface area contributed by atoms with E-state index in [4.69, 9.17) is 21.3 Å². The largest absolute Gasteiger partial charge is 0.377 e. The Labute approximate surface area is 203 Å². The number of H-pyrrole nitrogens is 1. The van der Waals surface area contributed by atoms with Crippen LogP contribution in [0.2, 0.25) is 5.02 Å². The Hall–Kier alpha value is -3.10. The van der Waals surface area contributed by atoms with Crippen molar-refractivity contribution in [3.05, 3.63) is 75.6 Å². The molecule has 0 amide bonds. The fraction of sp³-hybridized carbons (Fsp3) is 0.360. The lowest BCUT2D eigenvalue weighted by Crippen LogP contribution is -2.27. The van der Waals surface area contributed by atoms with Gasteiger partial charge in [-0.25, -0.2) is 14.4 Å². The number of methoxy groups -OCH3 is 1. The summed E-state index contributed by atoms with van der Waals surface area (Å²) >= 11 is 5.98. The van der Waals surface area contributed by atoms with Gasteiger partial charge in [0.05, 0.1) is 18.0 Å². The van der Waals surface area contributed by atoms with Gasteiger partial charge in [-0.05, 0) is 51.8 Å². The molecule has 2 heterocycles. The lowest BCUT2D eigenvalue weighted by molar-refractivity contribution is 0.0880. The van der Waals surface area contributed by atoms with Crippen molar-refractivity contribution in [1.29, 1.82) is 0 Å². The first-order valence-corrected chi connectivity index (χ1v) is 11.4. The zero-order valence-corrected chi connectivity index (χ0v) is 20.7. The van der Waals surface area contributed by atoms with Gasteiger partial charge >= 0.3 is 0 Å². The molecule has 3 aromatic rings. The van der Waals surface area contributed by atoms with Crippen LogP contribution in [0.1, 0.15) is 63.8 Å². The van der Waals surface area contributed by atoms with Gasteiger partial charge < -0.3 is 4.74 Å². The van der Waals surface area contributed by atoms with Gasteiger partial charge in [-0.15, -0.1) is 0 Å². The minimum Gasteiger partial charge on any atom is -0.377 e. The minimum absolute atomic E-state index is 0.0706. The topological polar surface area (TPSA) is 85.2 Å². The maximum Gasteiger partial charge on any atom is 0.219 e. The average Bonchev–Trinajstić information content (AvgIpc) is 3.35. The molecule has 0 aliphatic heterocycles. The van der Waals surface area contributed by atoms with Crippen molar-refractivity contribution in [2.24, 2.45) is 4.99 Å². The highest BCUT2D eigenvalue weighted by atomic mass is 35.5. The Morgan fingerprint density at radius 3 is 2.68 bits per heavy atom. The van der Waals surface area contributed by atoms with Gasteiger partial charge in [0.2, 0.25) is 6.41 Å². The van der Waals surface area contributed by atoms with Gasteiger partial charge in [0.1, 0.15) is 11.5 Å². The number of carbonyl (C=O) groups excluding carboxylic acids is 1. The van der Waals surface area contributed by atoms with E-state index in [9.17, 15) is 4.79 Å². The van der Waals surface area contributed by atoms with Crippen LogP contribution in [0.15, 0.2) is 53.1 Å². The lowest BCUT2D eigenvalue weighted by atomic mass is 9.93. The van der Waals surface area contributed by atoms with Gasteiger partial charge in [0, 0.05) is 47.3 Å². The van der Waals surface area contributed by atoms with Crippen LogP contribution in [-0.4, -0.2) is 33.3 Å². The molecule has 180 valence electrons. The molecule has 0 aliphatic rings. The van der Waals surface area contributed by atoms with Crippen LogP contribution in [0, 0.1) is 5.82 Å². The molecule has 0 bridgehead atoms. The predicted molar refractivity (Wildman–Crippen MR) is 130 cm³/mol. The maximum atomic E-state index is 15.0. The van der Waals surface area contributed by atoms with E-state index in [0.717, 1.165) is 17.6 Å². The fourth-order valence-corrected chi connectivity index (χ4v) is 3.77. The summed E-state index contributed by atoms with van der Waals surface area (Å²) in [6.07, 6.45) is 6.95. The van der Waals surface area contributed by atoms with Crippen LogP contribution in [0.4, 0.5) is 4.39 Å². The standard InChI is InChI=1S/C25H29ClFN5O2/c1-6-17(9-23(34-5)18-11-28-29-12-18)22-13-32(14-33)25(30-16(4)15(2)3)24(31-22)20-8-7-19(26)10-21(20)27/h7-8,10-14,17,23H,6,9H2,1-5H3,(H,28,29). The summed E-state index contributed by atoms with van der Waals surface area (Å²) in [5.41, 5.74) is 3.99. The van der Waals surface area contributed by atoms with E-state index >= 15 is 4.39 Å². The van der Waals surface area contributed by atoms with Crippen LogP contribution >= 0.6 is 11.6 Å². The minimum atomic E-state index is -0.540. The molecule has 0 saturated carbocycles. The molecule has 1 aromatic carbocycles. The third-order valence-corrected chi connectivity index (χ3v) is 6.09. The molecule has 2 aromatic heterocycles. The Balaban J connectivity index is 2.23. The number of hydrogen-bond acceptors (Lipinski definition) is 5. The summed E-state index contributed by atoms with van der Waals surface area (Å²) in [6, 6.07) is 4.37. The maximum absolute atomic E-state index is 15.0. The molecule has 0 aliphatic carbocycles. The van der Waals surface area contributed by atoms with E-state index in [1.54, 1.807) is 37.8 Å². The highest BCUT2D eigenvalue weighted by Crippen LogP contribution is 2.32. The van der Waals surface area contributed by atoms with Crippen molar-refractivity contribution >= 4 is 18.0 Å². The molecule has 2 atom stereocenters. The number of aromatic nitrogens is 4. The summed E-state index contributed by atoms with van der Waals surface area (Å²) in [7, 11) is 1.64. The predicted octanol–water partition coefficient (Wildman–Crippen LogP) is 5.59. The molecule has 0 radical (unpaired) electrons. The zero-order valence-electron chi connectivity index (χ0n) is 20.0. The number of allylic oxidation sites excluding steroid dienone is 2. The van der Waals surface area contributed by atoms with E-state index in [0.29, 0.717) is 24.2 Å². The van der Waals surface area contributed by atoms with Crippen molar-refractivity contribution in [3.8, 4) is 11.3 Å². The first kappa shape index (κ1) is 25.5. The van der Waals surface area contributed by atoms with Gasteiger partial charge in [-0.2, -0.15) is 5.10 Å². The molecule has 0 spiro atoms. The summed E-state index contributed by atoms with van der Waals surface area (Å²) in [6.45, 7) is 7.71. The van der Waals surface area contributed by atoms with Crippen LogP contribution in [0.25, 0.3) is 11.3 Å². The first-order valence-electron chi connectivity index (χ1n) is 11.0. The first-order chi connectivity index (χ1) is 16.3. The number of nitrogens with one attached hydrogen (secondary N) is 1. The number of benzene rings is 1. The number of aromatic amines is 1. The van der Waals surface area contributed by atoms with E-state index in [2.05, 4.69) is 15.2 Å². The summed E-state index contributed by atoms with van der Waals surface area (Å²) in [5, 5.41) is 7.08. The van der Waals surface area contributed by atoms with Gasteiger partial charge in [0.25, 0.3) is 0 Å². The number of carbonyl (C=O) groups is 1. The summed E-state index contributed by atoms with van der Waals surface area (Å²) < 4.78 is 22.1. The SMILES string of the molecule is CCC(CC(OC)c1cn[nH]c1)c1cn(C=O)c(=NC(C)=C(C)C)c(-c2ccc(Cl)cc2F)n1. The molecule has 7 nitrogen and oxygen atoms in total. The van der Waals surface area contributed by atoms with E-state index in [1.165, 1.54) is 10.6 Å². The smallest absolute Gasteiger partial charge is 0.219 e. The van der Waals surface area contributed by atoms with Crippen LogP contribution < -0.4 is 5.49 Å². The zero-order chi connectivity index (χ0) is 24.8. The summed E-state index contributed by atoms with van der Waals surface area (Å²) in [4.78, 5) is 21.6. The van der Waals surface area contributed by atoms with Crippen molar-refractivity contribution in [2.75, 3.05) is 7.11 Å². The van der Waals surface area contributed by atoms with E-state index in [-0.39, 0.29) is 33.8 Å². The fourth-order valence-electron chi connectivity index (χ4n) is 3.61. The molecular weight excluding hydrogens is 457 g/mol. The van der Waals surface area contributed by atoms with Gasteiger partial charge in [-0.3, -0.25) is 14.5 Å². The Morgan fingerprint density at radius 2 is 2.12 bits per heavy atom. The van der Waals surface area contributed by atoms with Crippen molar-refractivity contribution in [1.82, 2.24) is 19.7 Å². The third-order valence-electron chi connectivity index (χ3n) is 5.85. The highest BCUT2D eigenvalue weighted by molar-refractivity contribution is 6.30. The van der Waals surface area contributed by atoms with E-state index < -0.39 is 5.82 Å². The number of halogens is 2. The summed E-state index contributed by atoms with van der Waals surface area (Å²) in [5.74, 6) is -0.610. The van der Waals surface area contributed by atoms with Crippen molar-refractivity contribution in [3.63, 3.8) is 0 Å². The second-order valence-corrected chi connectivity index (χ2v) is 8.71. The molecule has 0 saturated heterocycles. The average molecular weight is 486 g/mol. The van der Waals surface area contributed by atoms with E-state index in [1.807, 2.05) is 27.7 Å². The number of rotatable bonds is 9. The molecule has 0 fully saturated rings. The second-order valence-electron chi connectivity index (χ2n) is 8.27. The Bertz CT molecular complexity index is 1250. The van der Waals surface area contributed by atoms with Gasteiger partial charge in [-0.1, -0.05) is 24.1 Å². The monoisotopic (exact) mass is 485 g/mol. The van der Waals surface area contributed by atoms with Crippen LogP contribution in [0.5, 0.6) is 0 Å². The highest BCUT2D eigenvalue weighted by Gasteiger charge is 2.23. The van der Waals surface area contributed by atoms with Crippen LogP contribution in [-0.2, 0) is 9.53 Å².